The molecule has 1 amide bonds. The third kappa shape index (κ3) is 2.93. The Bertz CT molecular complexity index is 1230. The minimum atomic E-state index is -0.410. The number of ether oxygens (including phenoxy) is 1. The molecule has 0 radical (unpaired) electrons. The molecule has 0 aliphatic carbocycles. The molecule has 9 heteroatoms. The topological polar surface area (TPSA) is 103 Å². The molecule has 0 aliphatic rings. The Labute approximate surface area is 153 Å². The average Bonchev–Trinajstić information content (AvgIpc) is 3.07. The number of aromatic nitrogens is 5. The molecule has 0 aliphatic heterocycles. The summed E-state index contributed by atoms with van der Waals surface area (Å²) in [6.07, 6.45) is 2.91. The second-order valence-corrected chi connectivity index (χ2v) is 5.98. The van der Waals surface area contributed by atoms with Gasteiger partial charge in [-0.05, 0) is 24.6 Å². The molecule has 27 heavy (non-hydrogen) atoms. The largest absolute Gasteiger partial charge is 0.377 e. The summed E-state index contributed by atoms with van der Waals surface area (Å²) in [6.45, 7) is 2.08. The fourth-order valence-corrected chi connectivity index (χ4v) is 2.84. The molecule has 136 valence electrons. The minimum absolute atomic E-state index is 0.244. The van der Waals surface area contributed by atoms with Crippen LogP contribution in [0.4, 0.5) is 0 Å². The number of carbonyl (C=O) groups excluding carboxylic acids is 1. The summed E-state index contributed by atoms with van der Waals surface area (Å²) in [5, 5.41) is 4.61. The van der Waals surface area contributed by atoms with E-state index in [2.05, 4.69) is 20.5 Å². The first kappa shape index (κ1) is 16.9. The number of amides is 1. The zero-order chi connectivity index (χ0) is 19.0. The summed E-state index contributed by atoms with van der Waals surface area (Å²) in [4.78, 5) is 33.7. The van der Waals surface area contributed by atoms with Crippen LogP contribution in [0.25, 0.3) is 16.7 Å². The van der Waals surface area contributed by atoms with Gasteiger partial charge in [0.05, 0.1) is 10.9 Å². The Balaban J connectivity index is 1.76. The number of benzene rings is 1. The van der Waals surface area contributed by atoms with E-state index in [9.17, 15) is 9.59 Å². The van der Waals surface area contributed by atoms with Crippen LogP contribution in [-0.4, -0.2) is 37.3 Å². The normalized spacial score (nSPS) is 11.2. The second kappa shape index (κ2) is 6.61. The standard InChI is InChI=1S/C18H16N6O3/c1-11-5-3-4-6-12(11)16(25)22-23-8-7-14-13(17(23)26)9-19-18-20-15(10-27-2)21-24(14)18/h3-9H,10H2,1-2H3,(H,22,25). The summed E-state index contributed by atoms with van der Waals surface area (Å²) < 4.78 is 7.65. The van der Waals surface area contributed by atoms with Crippen molar-refractivity contribution in [2.24, 2.45) is 0 Å². The average molecular weight is 364 g/mol. The lowest BCUT2D eigenvalue weighted by Crippen LogP contribution is -2.33. The highest BCUT2D eigenvalue weighted by Crippen LogP contribution is 2.11. The molecular formula is C18H16N6O3. The van der Waals surface area contributed by atoms with Crippen LogP contribution in [0.2, 0.25) is 0 Å². The Hall–Kier alpha value is -3.59. The van der Waals surface area contributed by atoms with E-state index < -0.39 is 5.56 Å². The lowest BCUT2D eigenvalue weighted by molar-refractivity contribution is 0.101. The van der Waals surface area contributed by atoms with E-state index in [0.29, 0.717) is 28.1 Å². The van der Waals surface area contributed by atoms with Crippen molar-refractivity contribution in [3.63, 3.8) is 0 Å². The maximum atomic E-state index is 12.8. The number of aryl methyl sites for hydroxylation is 1. The lowest BCUT2D eigenvalue weighted by atomic mass is 10.1. The molecule has 4 rings (SSSR count). The molecule has 1 N–H and O–H groups in total. The Morgan fingerprint density at radius 3 is 2.85 bits per heavy atom. The van der Waals surface area contributed by atoms with Crippen LogP contribution >= 0.6 is 0 Å². The van der Waals surface area contributed by atoms with Gasteiger partial charge < -0.3 is 4.74 Å². The second-order valence-electron chi connectivity index (χ2n) is 5.98. The third-order valence-electron chi connectivity index (χ3n) is 4.16. The number of carbonyl (C=O) groups is 1. The van der Waals surface area contributed by atoms with Crippen LogP contribution in [0.1, 0.15) is 21.7 Å². The fraction of sp³-hybridized carbons (Fsp3) is 0.167. The van der Waals surface area contributed by atoms with Crippen molar-refractivity contribution in [1.29, 1.82) is 0 Å². The van der Waals surface area contributed by atoms with E-state index in [-0.39, 0.29) is 12.5 Å². The van der Waals surface area contributed by atoms with E-state index in [1.54, 1.807) is 25.3 Å². The highest BCUT2D eigenvalue weighted by molar-refractivity contribution is 6.01. The van der Waals surface area contributed by atoms with Gasteiger partial charge in [-0.2, -0.15) is 9.50 Å². The lowest BCUT2D eigenvalue weighted by Gasteiger charge is -2.10. The number of nitrogens with zero attached hydrogens (tertiary/aromatic N) is 5. The molecule has 3 aromatic heterocycles. The zero-order valence-electron chi connectivity index (χ0n) is 14.7. The molecule has 9 nitrogen and oxygen atoms in total. The van der Waals surface area contributed by atoms with E-state index >= 15 is 0 Å². The number of pyridine rings is 1. The summed E-state index contributed by atoms with van der Waals surface area (Å²) in [6, 6.07) is 8.83. The van der Waals surface area contributed by atoms with Crippen molar-refractivity contribution in [1.82, 2.24) is 24.3 Å². The monoisotopic (exact) mass is 364 g/mol. The van der Waals surface area contributed by atoms with Crippen molar-refractivity contribution in [2.45, 2.75) is 13.5 Å². The quantitative estimate of drug-likeness (QED) is 0.585. The number of fused-ring (bicyclic) bond motifs is 3. The van der Waals surface area contributed by atoms with Gasteiger partial charge >= 0.3 is 0 Å². The smallest absolute Gasteiger partial charge is 0.280 e. The summed E-state index contributed by atoms with van der Waals surface area (Å²) in [7, 11) is 1.55. The Morgan fingerprint density at radius 1 is 1.26 bits per heavy atom. The molecule has 0 bridgehead atoms. The van der Waals surface area contributed by atoms with Crippen LogP contribution in [0, 0.1) is 6.92 Å². The van der Waals surface area contributed by atoms with Crippen molar-refractivity contribution in [2.75, 3.05) is 12.5 Å². The summed E-state index contributed by atoms with van der Waals surface area (Å²) >= 11 is 0. The SMILES string of the molecule is COCc1nc2ncc3c(=O)n(NC(=O)c4ccccc4C)ccc3n2n1. The molecule has 0 fully saturated rings. The predicted octanol–water partition coefficient (Wildman–Crippen LogP) is 1.28. The van der Waals surface area contributed by atoms with Gasteiger partial charge in [-0.1, -0.05) is 18.2 Å². The number of hydrogen-bond donors (Lipinski definition) is 1. The van der Waals surface area contributed by atoms with Crippen LogP contribution in [-0.2, 0) is 11.3 Å². The zero-order valence-corrected chi connectivity index (χ0v) is 14.7. The van der Waals surface area contributed by atoms with Crippen molar-refractivity contribution in [3.8, 4) is 0 Å². The van der Waals surface area contributed by atoms with E-state index in [4.69, 9.17) is 4.74 Å². The van der Waals surface area contributed by atoms with Gasteiger partial charge in [-0.15, -0.1) is 5.10 Å². The number of nitrogens with one attached hydrogen (secondary N) is 1. The number of rotatable bonds is 4. The van der Waals surface area contributed by atoms with E-state index in [1.165, 1.54) is 16.9 Å². The summed E-state index contributed by atoms with van der Waals surface area (Å²) in [5.74, 6) is 0.469. The van der Waals surface area contributed by atoms with Gasteiger partial charge in [0, 0.05) is 25.1 Å². The maximum absolute atomic E-state index is 12.8. The first-order valence-electron chi connectivity index (χ1n) is 8.20. The van der Waals surface area contributed by atoms with Gasteiger partial charge in [0.2, 0.25) is 0 Å². The van der Waals surface area contributed by atoms with Gasteiger partial charge in [-0.25, -0.2) is 9.66 Å². The number of methoxy groups -OCH3 is 1. The molecule has 0 saturated carbocycles. The Morgan fingerprint density at radius 2 is 2.07 bits per heavy atom. The van der Waals surface area contributed by atoms with Gasteiger partial charge in [0.1, 0.15) is 6.61 Å². The summed E-state index contributed by atoms with van der Waals surface area (Å²) in [5.41, 5.74) is 4.06. The molecular weight excluding hydrogens is 348 g/mol. The number of hydrogen-bond acceptors (Lipinski definition) is 6. The van der Waals surface area contributed by atoms with Crippen molar-refractivity contribution in [3.05, 3.63) is 70.0 Å². The van der Waals surface area contributed by atoms with E-state index in [0.717, 1.165) is 10.2 Å². The minimum Gasteiger partial charge on any atom is -0.377 e. The highest BCUT2D eigenvalue weighted by atomic mass is 16.5. The van der Waals surface area contributed by atoms with Gasteiger partial charge in [0.25, 0.3) is 17.2 Å². The van der Waals surface area contributed by atoms with Crippen LogP contribution in [0.5, 0.6) is 0 Å². The Kier molecular flexibility index (Phi) is 4.13. The maximum Gasteiger partial charge on any atom is 0.280 e. The van der Waals surface area contributed by atoms with E-state index in [1.807, 2.05) is 19.1 Å². The van der Waals surface area contributed by atoms with Crippen LogP contribution in [0.3, 0.4) is 0 Å². The molecule has 3 heterocycles. The van der Waals surface area contributed by atoms with Gasteiger partial charge in [0.15, 0.2) is 5.82 Å². The molecule has 0 unspecified atom stereocenters. The molecule has 0 saturated heterocycles. The predicted molar refractivity (Wildman–Crippen MR) is 98.1 cm³/mol. The van der Waals surface area contributed by atoms with Crippen LogP contribution in [0.15, 0.2) is 47.5 Å². The first-order valence-corrected chi connectivity index (χ1v) is 8.20. The van der Waals surface area contributed by atoms with Crippen molar-refractivity contribution >= 4 is 22.6 Å². The fourth-order valence-electron chi connectivity index (χ4n) is 2.84. The van der Waals surface area contributed by atoms with Gasteiger partial charge in [-0.3, -0.25) is 15.0 Å². The third-order valence-corrected chi connectivity index (χ3v) is 4.16. The molecule has 1 aromatic carbocycles. The molecule has 0 atom stereocenters. The highest BCUT2D eigenvalue weighted by Gasteiger charge is 2.13. The van der Waals surface area contributed by atoms with Crippen molar-refractivity contribution < 1.29 is 9.53 Å². The first-order chi connectivity index (χ1) is 13.1. The molecule has 4 aromatic rings. The van der Waals surface area contributed by atoms with Crippen LogP contribution < -0.4 is 11.0 Å². The molecule has 0 spiro atoms.